The van der Waals surface area contributed by atoms with Crippen LogP contribution in [0.15, 0.2) is 5.11 Å². The molecule has 37 nitrogen and oxygen atoms in total. The highest BCUT2D eigenvalue weighted by Crippen LogP contribution is 2.39. The highest BCUT2D eigenvalue weighted by Gasteiger charge is 2.59. The second-order valence-corrected chi connectivity index (χ2v) is 19.9. The molecule has 0 aromatic carbocycles. The van der Waals surface area contributed by atoms with Gasteiger partial charge in [-0.3, -0.25) is 0 Å². The van der Waals surface area contributed by atoms with Crippen LogP contribution in [0.1, 0.15) is 0 Å². The maximum atomic E-state index is 11.5. The molecule has 456 valence electrons. The Morgan fingerprint density at radius 1 is 0.241 bits per heavy atom. The van der Waals surface area contributed by atoms with Gasteiger partial charge in [-0.1, -0.05) is 5.11 Å². The smallest absolute Gasteiger partial charge is 0.187 e. The number of hydrogen-bond acceptors (Lipinski definition) is 35. The summed E-state index contributed by atoms with van der Waals surface area (Å²) in [4.78, 5) is 2.64. The fourth-order valence-corrected chi connectivity index (χ4v) is 10.5. The van der Waals surface area contributed by atoms with Crippen LogP contribution in [0.4, 0.5) is 0 Å². The minimum Gasteiger partial charge on any atom is -0.394 e. The first kappa shape index (κ1) is 63.0. The van der Waals surface area contributed by atoms with Crippen LogP contribution in [0.3, 0.4) is 0 Å². The fourth-order valence-electron chi connectivity index (χ4n) is 10.5. The molecule has 21 heterocycles. The number of nitrogens with zero attached hydrogens (tertiary/aromatic N) is 3. The zero-order valence-electron chi connectivity index (χ0n) is 41.2. The summed E-state index contributed by atoms with van der Waals surface area (Å²) in [6, 6.07) is 0. The van der Waals surface area contributed by atoms with Gasteiger partial charge in [0.1, 0.15) is 165 Å². The molecule has 0 amide bonds. The third kappa shape index (κ3) is 12.5. The molecule has 21 rings (SSSR count). The first-order valence-corrected chi connectivity index (χ1v) is 25.0. The zero-order chi connectivity index (χ0) is 57.5. The molecular formula is C42H69N3O34. The van der Waals surface area contributed by atoms with Gasteiger partial charge < -0.3 is 168 Å². The Labute approximate surface area is 444 Å². The highest BCUT2D eigenvalue weighted by atomic mass is 16.8. The van der Waals surface area contributed by atoms with Crippen molar-refractivity contribution in [1.82, 2.24) is 0 Å². The van der Waals surface area contributed by atoms with E-state index in [1.54, 1.807) is 0 Å². The van der Waals surface area contributed by atoms with Crippen LogP contribution >= 0.6 is 0 Å². The lowest BCUT2D eigenvalue weighted by molar-refractivity contribution is -0.396. The molecule has 79 heavy (non-hydrogen) atoms. The van der Waals surface area contributed by atoms with Gasteiger partial charge >= 0.3 is 0 Å². The highest BCUT2D eigenvalue weighted by molar-refractivity contribution is 5.02. The number of aliphatic hydroxyl groups is 20. The molecule has 21 saturated heterocycles. The Balaban J connectivity index is 1.09. The van der Waals surface area contributed by atoms with Crippen LogP contribution in [0.2, 0.25) is 0 Å². The topological polar surface area (TPSA) is 583 Å². The van der Waals surface area contributed by atoms with Crippen molar-refractivity contribution in [3.63, 3.8) is 0 Å². The number of ether oxygens (including phenoxy) is 14. The lowest BCUT2D eigenvalue weighted by atomic mass is 9.95. The molecule has 21 aliphatic heterocycles. The summed E-state index contributed by atoms with van der Waals surface area (Å²) in [7, 11) is 0. The summed E-state index contributed by atoms with van der Waals surface area (Å²) in [5.74, 6) is 0. The van der Waals surface area contributed by atoms with E-state index in [0.717, 1.165) is 0 Å². The Morgan fingerprint density at radius 3 is 0.544 bits per heavy atom. The summed E-state index contributed by atoms with van der Waals surface area (Å²) in [6.07, 6.45) is -70.7. The van der Waals surface area contributed by atoms with Crippen LogP contribution in [0.5, 0.6) is 0 Å². The van der Waals surface area contributed by atoms with E-state index in [0.29, 0.717) is 0 Å². The normalized spacial score (nSPS) is 54.1. The van der Waals surface area contributed by atoms with E-state index in [4.69, 9.17) is 66.3 Å². The Hall–Kier alpha value is -2.05. The molecular weight excluding hydrogens is 1090 g/mol. The van der Waals surface area contributed by atoms with Crippen molar-refractivity contribution >= 4 is 0 Å². The van der Waals surface area contributed by atoms with Gasteiger partial charge in [0.25, 0.3) is 0 Å². The zero-order valence-corrected chi connectivity index (χ0v) is 41.2. The van der Waals surface area contributed by atoms with Gasteiger partial charge in [-0.15, -0.1) is 0 Å². The maximum absolute atomic E-state index is 11.5. The van der Waals surface area contributed by atoms with E-state index in [1.807, 2.05) is 0 Å². The van der Waals surface area contributed by atoms with Crippen LogP contribution in [0, 0.1) is 0 Å². The van der Waals surface area contributed by atoms with Crippen molar-refractivity contribution in [3.05, 3.63) is 10.4 Å². The standard InChI is InChI=1S/C42H69N3O34/c43-45-44-1-8-29-15(52)22(59)36(66-8)74-30-9(2-46)68-38(24(61)17(30)54)76-32-11(4-48)70-40(26(63)19(32)56)78-34-13(6-50)72-42(28(65)21(34)58)79-35-14(7-51)71-41(27(64)20(35)57)77-33-12(5-49)69-39(25(62)18(33)55)75-31-10(3-47)67-37(73-29)23(60)16(31)53/h8-42,46-65H,1-7H2/t8-,9+,10-,11+,12-,13+,14-,15+,16+,17-,18+,19-,20+,21+,22+,23+,24+,25+,26-,27+,28+,29+,30+,31+,32+,33+,34+,35+,36+,37+,38+,39+,40+,41+,42+/m0/s1. The van der Waals surface area contributed by atoms with Gasteiger partial charge in [0.15, 0.2) is 44.0 Å². The monoisotopic (exact) mass is 1160 g/mol. The quantitative estimate of drug-likeness (QED) is 0.0610. The first-order valence-electron chi connectivity index (χ1n) is 25.0. The largest absolute Gasteiger partial charge is 0.394 e. The molecule has 0 aromatic rings. The van der Waals surface area contributed by atoms with Crippen LogP contribution in [-0.4, -0.2) is 363 Å². The van der Waals surface area contributed by atoms with E-state index in [1.165, 1.54) is 0 Å². The second kappa shape index (κ2) is 26.9. The first-order chi connectivity index (χ1) is 37.7. The fraction of sp³-hybridized carbons (Fsp3) is 1.00. The lowest BCUT2D eigenvalue weighted by Crippen LogP contribution is -2.68. The predicted octanol–water partition coefficient (Wildman–Crippen LogP) is -13.9. The minimum atomic E-state index is -2.23. The molecule has 21 fully saturated rings. The molecule has 0 unspecified atom stereocenters. The van der Waals surface area contributed by atoms with Crippen molar-refractivity contribution in [1.29, 1.82) is 0 Å². The van der Waals surface area contributed by atoms with Crippen LogP contribution < -0.4 is 0 Å². The average molecular weight is 1160 g/mol. The van der Waals surface area contributed by atoms with Crippen molar-refractivity contribution in [2.45, 2.75) is 215 Å². The molecule has 0 radical (unpaired) electrons. The third-order valence-electron chi connectivity index (χ3n) is 14.9. The molecule has 0 saturated carbocycles. The van der Waals surface area contributed by atoms with Crippen molar-refractivity contribution in [2.24, 2.45) is 5.11 Å². The second-order valence-electron chi connectivity index (χ2n) is 19.9. The summed E-state index contributed by atoms with van der Waals surface area (Å²) in [6.45, 7) is -7.08. The molecule has 35 atom stereocenters. The van der Waals surface area contributed by atoms with Gasteiger partial charge in [0.05, 0.1) is 52.3 Å². The van der Waals surface area contributed by atoms with Gasteiger partial charge in [-0.2, -0.15) is 0 Å². The molecule has 14 bridgehead atoms. The minimum absolute atomic E-state index is 0.745. The van der Waals surface area contributed by atoms with E-state index >= 15 is 0 Å². The average Bonchev–Trinajstić information content (AvgIpc) is 3.52. The summed E-state index contributed by atoms with van der Waals surface area (Å²) in [5.41, 5.74) is 9.19. The van der Waals surface area contributed by atoms with Gasteiger partial charge in [-0.05, 0) is 5.53 Å². The van der Waals surface area contributed by atoms with E-state index < -0.39 is 261 Å². The van der Waals surface area contributed by atoms with Crippen molar-refractivity contribution in [2.75, 3.05) is 46.2 Å². The van der Waals surface area contributed by atoms with Crippen molar-refractivity contribution in [3.8, 4) is 0 Å². The predicted molar refractivity (Wildman–Crippen MR) is 235 cm³/mol. The molecule has 0 spiro atoms. The SMILES string of the molecule is [N-]=[N+]=NC[C@@H]1O[C@@H]2O[C@H]3[C@@H](O)[C@@H](O)[C@@H](O[C@H]4[C@@H](O)[C@H](O)[C@@H](O[C@H]5[C@H](O)[C@@H](O)[C@@H](O[C@H]6[C@H](O)[C@@H](O)[C@@H](O[C@H]7[C@H](O)[C@@H](O)[C@@H](O[C@H]8[C@H](O)[C@@H](O)[C@@H](O[C@H]1[C@H](O)[C@H]2O)O[C@H]8CO)O[C@H]7CO)O[C@H]6CO)O[C@@H]5CO)O[C@@H]4CO)O[C@@H]3CO. The number of hydrogen-bond donors (Lipinski definition) is 20. The molecule has 37 heteroatoms. The Kier molecular flexibility index (Phi) is 21.4. The molecule has 0 aromatic heterocycles. The molecule has 20 N–H and O–H groups in total. The maximum Gasteiger partial charge on any atom is 0.187 e. The summed E-state index contributed by atoms with van der Waals surface area (Å²) < 4.78 is 79.9. The molecule has 0 aliphatic carbocycles. The summed E-state index contributed by atoms with van der Waals surface area (Å²) in [5, 5.41) is 224. The third-order valence-corrected chi connectivity index (χ3v) is 14.9. The van der Waals surface area contributed by atoms with Gasteiger partial charge in [0.2, 0.25) is 0 Å². The number of rotatable bonds is 8. The van der Waals surface area contributed by atoms with Crippen molar-refractivity contribution < 1.29 is 168 Å². The molecule has 21 aliphatic rings. The van der Waals surface area contributed by atoms with Crippen LogP contribution in [-0.2, 0) is 66.3 Å². The van der Waals surface area contributed by atoms with Crippen LogP contribution in [0.25, 0.3) is 10.4 Å². The van der Waals surface area contributed by atoms with E-state index in [9.17, 15) is 108 Å². The van der Waals surface area contributed by atoms with E-state index in [-0.39, 0.29) is 0 Å². The van der Waals surface area contributed by atoms with E-state index in [2.05, 4.69) is 10.0 Å². The lowest BCUT2D eigenvalue weighted by Gasteiger charge is -2.50. The number of azide groups is 1. The van der Waals surface area contributed by atoms with Gasteiger partial charge in [-0.25, -0.2) is 0 Å². The van der Waals surface area contributed by atoms with Gasteiger partial charge in [0, 0.05) is 4.91 Å². The summed E-state index contributed by atoms with van der Waals surface area (Å²) >= 11 is 0. The Morgan fingerprint density at radius 2 is 0.392 bits per heavy atom. The Bertz CT molecular complexity index is 1960. The number of aliphatic hydroxyl groups excluding tert-OH is 20.